The summed E-state index contributed by atoms with van der Waals surface area (Å²) in [7, 11) is 0. The number of ether oxygens (including phenoxy) is 1. The first-order chi connectivity index (χ1) is 8.36. The van der Waals surface area contributed by atoms with Crippen LogP contribution in [0.4, 0.5) is 0 Å². The van der Waals surface area contributed by atoms with Crippen LogP contribution in [0.5, 0.6) is 0 Å². The quantitative estimate of drug-likeness (QED) is 0.756. The molecule has 1 unspecified atom stereocenters. The maximum atomic E-state index is 12.4. The molecule has 0 saturated carbocycles. The Labute approximate surface area is 104 Å². The Morgan fingerprint density at radius 2 is 2.24 bits per heavy atom. The van der Waals surface area contributed by atoms with Crippen molar-refractivity contribution in [2.45, 2.75) is 25.4 Å². The van der Waals surface area contributed by atoms with Crippen molar-refractivity contribution in [3.05, 3.63) is 35.2 Å². The first kappa shape index (κ1) is 10.9. The molecule has 1 atom stereocenters. The van der Waals surface area contributed by atoms with Gasteiger partial charge in [0.25, 0.3) is 0 Å². The van der Waals surface area contributed by atoms with E-state index in [-0.39, 0.29) is 11.9 Å². The van der Waals surface area contributed by atoms with Gasteiger partial charge in [0.05, 0.1) is 0 Å². The zero-order chi connectivity index (χ0) is 11.7. The number of carbonyl (C=O) groups excluding carboxylic acids is 1. The number of benzene rings is 1. The van der Waals surface area contributed by atoms with E-state index in [2.05, 4.69) is 6.07 Å². The van der Waals surface area contributed by atoms with Crippen molar-refractivity contribution in [3.8, 4) is 0 Å². The van der Waals surface area contributed by atoms with Gasteiger partial charge in [-0.05, 0) is 42.2 Å². The molecule has 0 aliphatic carbocycles. The summed E-state index contributed by atoms with van der Waals surface area (Å²) < 4.78 is 6.66. The normalized spacial score (nSPS) is 20.6. The second kappa shape index (κ2) is 4.59. The van der Waals surface area contributed by atoms with E-state index in [1.54, 1.807) is 11.3 Å². The minimum atomic E-state index is -0.226. The number of ketones is 1. The van der Waals surface area contributed by atoms with Gasteiger partial charge in [-0.3, -0.25) is 4.79 Å². The molecule has 1 saturated heterocycles. The third kappa shape index (κ3) is 2.01. The monoisotopic (exact) mass is 246 g/mol. The van der Waals surface area contributed by atoms with Crippen molar-refractivity contribution in [2.75, 3.05) is 6.61 Å². The molecule has 1 aromatic carbocycles. The van der Waals surface area contributed by atoms with E-state index in [1.807, 2.05) is 23.6 Å². The summed E-state index contributed by atoms with van der Waals surface area (Å²) in [5.74, 6) is 0.151. The first-order valence-electron chi connectivity index (χ1n) is 5.98. The van der Waals surface area contributed by atoms with E-state index in [9.17, 15) is 4.79 Å². The van der Waals surface area contributed by atoms with Crippen LogP contribution in [-0.4, -0.2) is 18.5 Å². The molecule has 17 heavy (non-hydrogen) atoms. The average Bonchev–Trinajstić information content (AvgIpc) is 2.87. The fourth-order valence-electron chi connectivity index (χ4n) is 2.31. The summed E-state index contributed by atoms with van der Waals surface area (Å²) >= 11 is 1.63. The number of hydrogen-bond acceptors (Lipinski definition) is 3. The van der Waals surface area contributed by atoms with Crippen molar-refractivity contribution in [2.24, 2.45) is 0 Å². The summed E-state index contributed by atoms with van der Waals surface area (Å²) in [6.45, 7) is 0.719. The Bertz CT molecular complexity index is 538. The van der Waals surface area contributed by atoms with Gasteiger partial charge in [-0.25, -0.2) is 0 Å². The number of carbonyl (C=O) groups is 1. The standard InChI is InChI=1S/C14H14O2S/c15-13(12-6-1-2-8-16-12)11-5-3-4-10-7-9-17-14(10)11/h3-5,7,9,12H,1-2,6,8H2. The maximum absolute atomic E-state index is 12.4. The molecular weight excluding hydrogens is 232 g/mol. The topological polar surface area (TPSA) is 26.3 Å². The van der Waals surface area contributed by atoms with Crippen LogP contribution in [0.1, 0.15) is 29.6 Å². The Kier molecular flexibility index (Phi) is 2.95. The molecule has 1 aliphatic rings. The molecule has 1 aliphatic heterocycles. The first-order valence-corrected chi connectivity index (χ1v) is 6.86. The van der Waals surface area contributed by atoms with E-state index in [0.717, 1.165) is 41.5 Å². The average molecular weight is 246 g/mol. The molecule has 3 rings (SSSR count). The molecule has 2 aromatic rings. The van der Waals surface area contributed by atoms with Crippen molar-refractivity contribution < 1.29 is 9.53 Å². The highest BCUT2D eigenvalue weighted by Crippen LogP contribution is 2.27. The van der Waals surface area contributed by atoms with Crippen molar-refractivity contribution in [1.29, 1.82) is 0 Å². The van der Waals surface area contributed by atoms with Gasteiger partial charge >= 0.3 is 0 Å². The SMILES string of the molecule is O=C(c1cccc2ccsc12)C1CCCCO1. The van der Waals surface area contributed by atoms with Gasteiger partial charge in [0.2, 0.25) is 0 Å². The van der Waals surface area contributed by atoms with Crippen molar-refractivity contribution in [1.82, 2.24) is 0 Å². The minimum Gasteiger partial charge on any atom is -0.370 e. The van der Waals surface area contributed by atoms with Crippen LogP contribution in [0, 0.1) is 0 Å². The van der Waals surface area contributed by atoms with Crippen LogP contribution in [0.25, 0.3) is 10.1 Å². The lowest BCUT2D eigenvalue weighted by atomic mass is 9.99. The Morgan fingerprint density at radius 3 is 3.06 bits per heavy atom. The number of fused-ring (bicyclic) bond motifs is 1. The van der Waals surface area contributed by atoms with E-state index < -0.39 is 0 Å². The lowest BCUT2D eigenvalue weighted by Crippen LogP contribution is -2.28. The molecule has 2 heterocycles. The highest BCUT2D eigenvalue weighted by atomic mass is 32.1. The van der Waals surface area contributed by atoms with Crippen LogP contribution in [0.15, 0.2) is 29.6 Å². The summed E-state index contributed by atoms with van der Waals surface area (Å²) in [4.78, 5) is 12.4. The van der Waals surface area contributed by atoms with Crippen LogP contribution < -0.4 is 0 Å². The summed E-state index contributed by atoms with van der Waals surface area (Å²) in [5, 5.41) is 3.18. The maximum Gasteiger partial charge on any atom is 0.192 e. The molecule has 0 amide bonds. The van der Waals surface area contributed by atoms with Gasteiger partial charge in [0, 0.05) is 16.9 Å². The van der Waals surface area contributed by atoms with Crippen LogP contribution >= 0.6 is 11.3 Å². The fourth-order valence-corrected chi connectivity index (χ4v) is 3.23. The molecule has 2 nitrogen and oxygen atoms in total. The lowest BCUT2D eigenvalue weighted by Gasteiger charge is -2.21. The third-order valence-corrected chi connectivity index (χ3v) is 4.18. The molecule has 1 fully saturated rings. The number of thiophene rings is 1. The van der Waals surface area contributed by atoms with Gasteiger partial charge in [-0.15, -0.1) is 11.3 Å². The lowest BCUT2D eigenvalue weighted by molar-refractivity contribution is 0.0188. The van der Waals surface area contributed by atoms with Crippen molar-refractivity contribution in [3.63, 3.8) is 0 Å². The molecule has 0 radical (unpaired) electrons. The van der Waals surface area contributed by atoms with E-state index in [0.29, 0.717) is 0 Å². The van der Waals surface area contributed by atoms with Gasteiger partial charge in [0.1, 0.15) is 6.10 Å². The molecule has 3 heteroatoms. The predicted molar refractivity (Wildman–Crippen MR) is 69.7 cm³/mol. The van der Waals surface area contributed by atoms with Crippen LogP contribution in [0.2, 0.25) is 0 Å². The highest BCUT2D eigenvalue weighted by molar-refractivity contribution is 7.17. The minimum absolute atomic E-state index is 0.151. The Balaban J connectivity index is 1.97. The van der Waals surface area contributed by atoms with E-state index in [4.69, 9.17) is 4.74 Å². The predicted octanol–water partition coefficient (Wildman–Crippen LogP) is 3.65. The molecule has 88 valence electrons. The summed E-state index contributed by atoms with van der Waals surface area (Å²) in [6.07, 6.45) is 2.81. The fraction of sp³-hybridized carbons (Fsp3) is 0.357. The Hall–Kier alpha value is -1.19. The summed E-state index contributed by atoms with van der Waals surface area (Å²) in [6, 6.07) is 7.97. The molecular formula is C14H14O2S. The van der Waals surface area contributed by atoms with Crippen molar-refractivity contribution >= 4 is 27.2 Å². The van der Waals surface area contributed by atoms with Crippen LogP contribution in [-0.2, 0) is 4.74 Å². The highest BCUT2D eigenvalue weighted by Gasteiger charge is 2.24. The second-order valence-electron chi connectivity index (χ2n) is 4.36. The van der Waals surface area contributed by atoms with Gasteiger partial charge in [-0.1, -0.05) is 12.1 Å². The molecule has 1 aromatic heterocycles. The smallest absolute Gasteiger partial charge is 0.192 e. The molecule has 0 bridgehead atoms. The Morgan fingerprint density at radius 1 is 1.29 bits per heavy atom. The van der Waals surface area contributed by atoms with E-state index in [1.165, 1.54) is 0 Å². The zero-order valence-corrected chi connectivity index (χ0v) is 10.3. The number of Topliss-reactive ketones (excluding diaryl/α,β-unsaturated/α-hetero) is 1. The van der Waals surface area contributed by atoms with Gasteiger partial charge in [-0.2, -0.15) is 0 Å². The molecule has 0 spiro atoms. The summed E-state index contributed by atoms with van der Waals surface area (Å²) in [5.41, 5.74) is 0.824. The number of hydrogen-bond donors (Lipinski definition) is 0. The zero-order valence-electron chi connectivity index (χ0n) is 9.52. The second-order valence-corrected chi connectivity index (χ2v) is 5.28. The van der Waals surface area contributed by atoms with Gasteiger partial charge in [0.15, 0.2) is 5.78 Å². The number of rotatable bonds is 2. The van der Waals surface area contributed by atoms with Gasteiger partial charge < -0.3 is 4.74 Å². The van der Waals surface area contributed by atoms with E-state index >= 15 is 0 Å². The third-order valence-electron chi connectivity index (χ3n) is 3.22. The molecule has 0 N–H and O–H groups in total. The largest absolute Gasteiger partial charge is 0.370 e. The van der Waals surface area contributed by atoms with Crippen LogP contribution in [0.3, 0.4) is 0 Å².